The van der Waals surface area contributed by atoms with Crippen LogP contribution in [0.2, 0.25) is 0 Å². The molecule has 0 aliphatic carbocycles. The van der Waals surface area contributed by atoms with Gasteiger partial charge in [-0.05, 0) is 45.0 Å². The minimum absolute atomic E-state index is 0.0463. The number of thiophene rings is 1. The van der Waals surface area contributed by atoms with E-state index in [1.54, 1.807) is 29.2 Å². The Hall–Kier alpha value is -3.20. The van der Waals surface area contributed by atoms with Gasteiger partial charge in [-0.3, -0.25) is 19.4 Å². The first-order chi connectivity index (χ1) is 13.8. The number of hydrogen-bond donors (Lipinski definition) is 1. The van der Waals surface area contributed by atoms with Crippen molar-refractivity contribution in [3.05, 3.63) is 55.5 Å². The van der Waals surface area contributed by atoms with Gasteiger partial charge in [0.25, 0.3) is 11.5 Å². The topological polar surface area (TPSA) is 101 Å². The Balaban J connectivity index is 1.77. The van der Waals surface area contributed by atoms with Gasteiger partial charge in [-0.25, -0.2) is 9.36 Å². The number of nitrogens with zero attached hydrogens (tertiary/aromatic N) is 2. The molecule has 9 heteroatoms. The molecule has 1 atom stereocenters. The van der Waals surface area contributed by atoms with E-state index in [-0.39, 0.29) is 12.5 Å². The van der Waals surface area contributed by atoms with Gasteiger partial charge in [-0.2, -0.15) is 0 Å². The number of amides is 1. The molecule has 29 heavy (non-hydrogen) atoms. The molecule has 1 amide bonds. The van der Waals surface area contributed by atoms with Crippen molar-refractivity contribution >= 4 is 38.9 Å². The van der Waals surface area contributed by atoms with E-state index in [2.05, 4.69) is 4.98 Å². The Labute approximate surface area is 169 Å². The number of hydrogen-bond acceptors (Lipinski definition) is 6. The standard InChI is InChI=1S/C20H19N3O5S/c1-4-22-14-8-12(5-6-15(14)28-9-16(22)24)17(25)11(3)23-19(26)13-7-10(2)29-18(13)21-20(23)27/h5-8,11H,4,9H2,1-3H3,(H,21,27). The summed E-state index contributed by atoms with van der Waals surface area (Å²) in [6.45, 7) is 5.59. The van der Waals surface area contributed by atoms with E-state index in [4.69, 9.17) is 4.74 Å². The second kappa shape index (κ2) is 7.00. The maximum Gasteiger partial charge on any atom is 0.330 e. The van der Waals surface area contributed by atoms with Crippen LogP contribution in [0.1, 0.15) is 35.1 Å². The van der Waals surface area contributed by atoms with E-state index < -0.39 is 23.1 Å². The van der Waals surface area contributed by atoms with Crippen molar-refractivity contribution in [1.82, 2.24) is 9.55 Å². The molecule has 1 aliphatic rings. The summed E-state index contributed by atoms with van der Waals surface area (Å²) in [5.74, 6) is -0.0785. The van der Waals surface area contributed by atoms with Crippen LogP contribution in [0, 0.1) is 6.92 Å². The number of anilines is 1. The number of benzene rings is 1. The quantitative estimate of drug-likeness (QED) is 0.661. The third-order valence-corrected chi connectivity index (χ3v) is 5.98. The summed E-state index contributed by atoms with van der Waals surface area (Å²) in [7, 11) is 0. The first-order valence-electron chi connectivity index (χ1n) is 9.18. The van der Waals surface area contributed by atoms with Gasteiger partial charge in [-0.1, -0.05) is 0 Å². The number of aryl methyl sites for hydroxylation is 1. The van der Waals surface area contributed by atoms with E-state index in [0.29, 0.717) is 33.8 Å². The normalized spacial score (nSPS) is 14.6. The van der Waals surface area contributed by atoms with Gasteiger partial charge in [0.15, 0.2) is 12.4 Å². The lowest BCUT2D eigenvalue weighted by Gasteiger charge is -2.28. The van der Waals surface area contributed by atoms with Crippen LogP contribution >= 0.6 is 11.3 Å². The van der Waals surface area contributed by atoms with Crippen molar-refractivity contribution in [1.29, 1.82) is 0 Å². The predicted molar refractivity (Wildman–Crippen MR) is 110 cm³/mol. The number of aromatic nitrogens is 2. The summed E-state index contributed by atoms with van der Waals surface area (Å²) in [5.41, 5.74) is -0.328. The van der Waals surface area contributed by atoms with Crippen LogP contribution in [0.25, 0.3) is 10.2 Å². The van der Waals surface area contributed by atoms with Gasteiger partial charge in [0, 0.05) is 17.0 Å². The average molecular weight is 413 g/mol. The minimum Gasteiger partial charge on any atom is -0.482 e. The Morgan fingerprint density at radius 1 is 1.28 bits per heavy atom. The van der Waals surface area contributed by atoms with Crippen molar-refractivity contribution in [3.63, 3.8) is 0 Å². The number of likely N-dealkylation sites (N-methyl/N-ethyl adjacent to an activating group) is 1. The molecule has 0 saturated carbocycles. The third-order valence-electron chi connectivity index (χ3n) is 5.01. The first kappa shape index (κ1) is 19.1. The highest BCUT2D eigenvalue weighted by Crippen LogP contribution is 2.33. The zero-order chi connectivity index (χ0) is 20.9. The fourth-order valence-corrected chi connectivity index (χ4v) is 4.45. The largest absolute Gasteiger partial charge is 0.482 e. The first-order valence-corrected chi connectivity index (χ1v) is 9.99. The maximum absolute atomic E-state index is 13.1. The number of carbonyl (C=O) groups excluding carboxylic acids is 2. The Morgan fingerprint density at radius 3 is 2.76 bits per heavy atom. The van der Waals surface area contributed by atoms with E-state index in [1.807, 2.05) is 13.8 Å². The van der Waals surface area contributed by atoms with E-state index in [1.165, 1.54) is 18.3 Å². The molecule has 1 N–H and O–H groups in total. The number of ketones is 1. The molecule has 0 fully saturated rings. The molecule has 0 radical (unpaired) electrons. The van der Waals surface area contributed by atoms with Crippen LogP contribution in [0.3, 0.4) is 0 Å². The highest BCUT2D eigenvalue weighted by atomic mass is 32.1. The van der Waals surface area contributed by atoms with Gasteiger partial charge < -0.3 is 9.64 Å². The Morgan fingerprint density at radius 2 is 2.03 bits per heavy atom. The smallest absolute Gasteiger partial charge is 0.330 e. The lowest BCUT2D eigenvalue weighted by Crippen LogP contribution is -2.40. The number of aromatic amines is 1. The van der Waals surface area contributed by atoms with Crippen LogP contribution in [-0.4, -0.2) is 34.4 Å². The van der Waals surface area contributed by atoms with E-state index in [0.717, 1.165) is 9.44 Å². The molecular formula is C20H19N3O5S. The van der Waals surface area contributed by atoms with Crippen LogP contribution in [-0.2, 0) is 4.79 Å². The summed E-state index contributed by atoms with van der Waals surface area (Å²) in [5, 5.41) is 0.383. The molecule has 1 aromatic carbocycles. The third kappa shape index (κ3) is 3.07. The average Bonchev–Trinajstić information content (AvgIpc) is 3.07. The summed E-state index contributed by atoms with van der Waals surface area (Å²) >= 11 is 1.32. The van der Waals surface area contributed by atoms with Gasteiger partial charge >= 0.3 is 5.69 Å². The van der Waals surface area contributed by atoms with Crippen LogP contribution in [0.5, 0.6) is 5.75 Å². The predicted octanol–water partition coefficient (Wildman–Crippen LogP) is 2.25. The number of nitrogens with one attached hydrogen (secondary N) is 1. The molecule has 2 aromatic heterocycles. The molecule has 0 spiro atoms. The van der Waals surface area contributed by atoms with Gasteiger partial charge in [-0.15, -0.1) is 11.3 Å². The fraction of sp³-hybridized carbons (Fsp3) is 0.300. The highest BCUT2D eigenvalue weighted by Gasteiger charge is 2.27. The lowest BCUT2D eigenvalue weighted by atomic mass is 10.0. The fourth-order valence-electron chi connectivity index (χ4n) is 3.56. The van der Waals surface area contributed by atoms with Crippen molar-refractivity contribution in [2.75, 3.05) is 18.1 Å². The SMILES string of the molecule is CCN1C(=O)COc2ccc(C(=O)C(C)n3c(=O)[nH]c4sc(C)cc4c3=O)cc21. The molecule has 1 unspecified atom stereocenters. The van der Waals surface area contributed by atoms with Gasteiger partial charge in [0.05, 0.1) is 11.1 Å². The number of fused-ring (bicyclic) bond motifs is 2. The molecule has 150 valence electrons. The van der Waals surface area contributed by atoms with Crippen LogP contribution in [0.4, 0.5) is 5.69 Å². The summed E-state index contributed by atoms with van der Waals surface area (Å²) in [6.07, 6.45) is 0. The molecule has 3 heterocycles. The van der Waals surface area contributed by atoms with Crippen molar-refractivity contribution in [2.45, 2.75) is 26.8 Å². The number of carbonyl (C=O) groups is 2. The van der Waals surface area contributed by atoms with E-state index >= 15 is 0 Å². The number of H-pyrrole nitrogens is 1. The summed E-state index contributed by atoms with van der Waals surface area (Å²) in [4.78, 5) is 56.1. The van der Waals surface area contributed by atoms with Crippen LogP contribution < -0.4 is 20.9 Å². The van der Waals surface area contributed by atoms with Gasteiger partial charge in [0.1, 0.15) is 16.6 Å². The lowest BCUT2D eigenvalue weighted by molar-refractivity contribution is -0.121. The molecule has 8 nitrogen and oxygen atoms in total. The molecule has 4 rings (SSSR count). The maximum atomic E-state index is 13.1. The van der Waals surface area contributed by atoms with Crippen LogP contribution in [0.15, 0.2) is 33.9 Å². The molecular weight excluding hydrogens is 394 g/mol. The molecule has 1 aliphatic heterocycles. The second-order valence-electron chi connectivity index (χ2n) is 6.85. The highest BCUT2D eigenvalue weighted by molar-refractivity contribution is 7.18. The van der Waals surface area contributed by atoms with E-state index in [9.17, 15) is 19.2 Å². The zero-order valence-corrected chi connectivity index (χ0v) is 17.0. The number of rotatable bonds is 4. The van der Waals surface area contributed by atoms with Crippen molar-refractivity contribution in [2.24, 2.45) is 0 Å². The monoisotopic (exact) mass is 413 g/mol. The minimum atomic E-state index is -1.01. The Bertz CT molecular complexity index is 1270. The summed E-state index contributed by atoms with van der Waals surface area (Å²) < 4.78 is 6.36. The second-order valence-corrected chi connectivity index (χ2v) is 8.11. The molecule has 0 bridgehead atoms. The van der Waals surface area contributed by atoms with Crippen molar-refractivity contribution in [3.8, 4) is 5.75 Å². The Kier molecular flexibility index (Phi) is 4.62. The van der Waals surface area contributed by atoms with Crippen molar-refractivity contribution < 1.29 is 14.3 Å². The summed E-state index contributed by atoms with van der Waals surface area (Å²) in [6, 6.07) is 5.47. The molecule has 0 saturated heterocycles. The number of Topliss-reactive ketones (excluding diaryl/α,β-unsaturated/α-hetero) is 1. The zero-order valence-electron chi connectivity index (χ0n) is 16.1. The molecule has 3 aromatic rings. The van der Waals surface area contributed by atoms with Gasteiger partial charge in [0.2, 0.25) is 0 Å². The number of ether oxygens (including phenoxy) is 1.